The molecule has 3 amide bonds. The van der Waals surface area contributed by atoms with Crippen molar-refractivity contribution in [2.24, 2.45) is 0 Å². The van der Waals surface area contributed by atoms with Gasteiger partial charge in [-0.25, -0.2) is 4.79 Å². The van der Waals surface area contributed by atoms with Crippen LogP contribution in [0.25, 0.3) is 0 Å². The van der Waals surface area contributed by atoms with Crippen molar-refractivity contribution in [3.8, 4) is 0 Å². The zero-order valence-corrected chi connectivity index (χ0v) is 10.3. The Bertz CT molecular complexity index is 443. The number of hydrogen-bond donors (Lipinski definition) is 4. The number of hydrogen-bond acceptors (Lipinski definition) is 4. The second-order valence-electron chi connectivity index (χ2n) is 3.73. The van der Waals surface area contributed by atoms with Crippen LogP contribution < -0.4 is 16.0 Å². The molecular formula is C11H15N3O5. The lowest BCUT2D eigenvalue weighted by molar-refractivity contribution is -0.137. The summed E-state index contributed by atoms with van der Waals surface area (Å²) in [6.45, 7) is 0.942. The highest BCUT2D eigenvalue weighted by atomic mass is 16.4. The first-order valence-electron chi connectivity index (χ1n) is 5.55. The van der Waals surface area contributed by atoms with Crippen LogP contribution >= 0.6 is 0 Å². The van der Waals surface area contributed by atoms with Gasteiger partial charge in [0.25, 0.3) is 0 Å². The van der Waals surface area contributed by atoms with E-state index in [9.17, 15) is 14.4 Å². The van der Waals surface area contributed by atoms with E-state index in [1.54, 1.807) is 19.1 Å². The number of urea groups is 1. The predicted octanol–water partition coefficient (Wildman–Crippen LogP) is -0.159. The molecule has 1 atom stereocenters. The molecular weight excluding hydrogens is 254 g/mol. The molecule has 0 fully saturated rings. The molecule has 0 saturated carbocycles. The van der Waals surface area contributed by atoms with Crippen LogP contribution in [0.5, 0.6) is 0 Å². The molecule has 1 aromatic rings. The van der Waals surface area contributed by atoms with Crippen molar-refractivity contribution in [1.29, 1.82) is 0 Å². The van der Waals surface area contributed by atoms with E-state index in [4.69, 9.17) is 9.52 Å². The Morgan fingerprint density at radius 1 is 1.32 bits per heavy atom. The summed E-state index contributed by atoms with van der Waals surface area (Å²) >= 11 is 0. The number of carbonyl (C=O) groups excluding carboxylic acids is 2. The van der Waals surface area contributed by atoms with Crippen LogP contribution in [-0.2, 0) is 9.59 Å². The Kier molecular flexibility index (Phi) is 5.39. The maximum absolute atomic E-state index is 11.4. The second kappa shape index (κ2) is 7.04. The van der Waals surface area contributed by atoms with E-state index in [1.807, 2.05) is 0 Å². The summed E-state index contributed by atoms with van der Waals surface area (Å²) in [4.78, 5) is 32.8. The van der Waals surface area contributed by atoms with Gasteiger partial charge in [-0.05, 0) is 19.1 Å². The molecule has 4 N–H and O–H groups in total. The maximum atomic E-state index is 11.4. The van der Waals surface area contributed by atoms with Gasteiger partial charge in [-0.1, -0.05) is 0 Å². The third kappa shape index (κ3) is 5.57. The topological polar surface area (TPSA) is 121 Å². The Labute approximate surface area is 109 Å². The zero-order chi connectivity index (χ0) is 14.3. The van der Waals surface area contributed by atoms with E-state index in [2.05, 4.69) is 16.0 Å². The highest BCUT2D eigenvalue weighted by Crippen LogP contribution is 2.11. The third-order valence-corrected chi connectivity index (χ3v) is 2.16. The normalized spacial score (nSPS) is 11.4. The van der Waals surface area contributed by atoms with Crippen LogP contribution in [0.15, 0.2) is 22.8 Å². The Hall–Kier alpha value is -2.51. The number of nitrogens with one attached hydrogen (secondary N) is 3. The molecule has 1 heterocycles. The van der Waals surface area contributed by atoms with Crippen LogP contribution in [0.3, 0.4) is 0 Å². The first kappa shape index (κ1) is 14.6. The number of amides is 3. The van der Waals surface area contributed by atoms with Crippen molar-refractivity contribution in [2.75, 3.05) is 13.1 Å². The molecule has 1 unspecified atom stereocenters. The number of rotatable bonds is 6. The average molecular weight is 269 g/mol. The summed E-state index contributed by atoms with van der Waals surface area (Å²) in [7, 11) is 0. The summed E-state index contributed by atoms with van der Waals surface area (Å²) < 4.78 is 5.10. The Morgan fingerprint density at radius 3 is 2.63 bits per heavy atom. The quantitative estimate of drug-likeness (QED) is 0.572. The molecule has 104 valence electrons. The van der Waals surface area contributed by atoms with Crippen LogP contribution in [0.1, 0.15) is 18.7 Å². The lowest BCUT2D eigenvalue weighted by atomic mass is 10.2. The number of carbonyl (C=O) groups is 3. The SMILES string of the molecule is CC(NC(=O)NCC(=O)NCC(=O)O)c1ccco1. The molecule has 8 heteroatoms. The van der Waals surface area contributed by atoms with Crippen molar-refractivity contribution < 1.29 is 23.9 Å². The van der Waals surface area contributed by atoms with Crippen molar-refractivity contribution in [1.82, 2.24) is 16.0 Å². The van der Waals surface area contributed by atoms with E-state index in [1.165, 1.54) is 6.26 Å². The fourth-order valence-corrected chi connectivity index (χ4v) is 1.25. The van der Waals surface area contributed by atoms with E-state index in [0.29, 0.717) is 5.76 Å². The van der Waals surface area contributed by atoms with Crippen molar-refractivity contribution in [3.05, 3.63) is 24.2 Å². The molecule has 1 aromatic heterocycles. The Morgan fingerprint density at radius 2 is 2.05 bits per heavy atom. The molecule has 0 aromatic carbocycles. The minimum absolute atomic E-state index is 0.302. The summed E-state index contributed by atoms with van der Waals surface area (Å²) in [5, 5.41) is 15.3. The smallest absolute Gasteiger partial charge is 0.322 e. The average Bonchev–Trinajstić information content (AvgIpc) is 2.87. The molecule has 0 radical (unpaired) electrons. The lowest BCUT2D eigenvalue weighted by Crippen LogP contribution is -2.43. The minimum Gasteiger partial charge on any atom is -0.480 e. The molecule has 19 heavy (non-hydrogen) atoms. The van der Waals surface area contributed by atoms with Crippen LogP contribution in [-0.4, -0.2) is 36.1 Å². The van der Waals surface area contributed by atoms with Gasteiger partial charge < -0.3 is 25.5 Å². The first-order valence-corrected chi connectivity index (χ1v) is 5.55. The molecule has 0 aliphatic heterocycles. The number of carboxylic acids is 1. The van der Waals surface area contributed by atoms with Crippen molar-refractivity contribution >= 4 is 17.9 Å². The van der Waals surface area contributed by atoms with Crippen LogP contribution in [0, 0.1) is 0 Å². The first-order chi connectivity index (χ1) is 8.99. The molecule has 0 spiro atoms. The monoisotopic (exact) mass is 269 g/mol. The third-order valence-electron chi connectivity index (χ3n) is 2.16. The van der Waals surface area contributed by atoms with Gasteiger partial charge >= 0.3 is 12.0 Å². The summed E-state index contributed by atoms with van der Waals surface area (Å²) in [5.74, 6) is -1.14. The van der Waals surface area contributed by atoms with Gasteiger partial charge in [0.1, 0.15) is 12.3 Å². The molecule has 0 aliphatic rings. The van der Waals surface area contributed by atoms with E-state index in [0.717, 1.165) is 0 Å². The number of aliphatic carboxylic acids is 1. The summed E-state index contributed by atoms with van der Waals surface area (Å²) in [5.41, 5.74) is 0. The van der Waals surface area contributed by atoms with E-state index >= 15 is 0 Å². The van der Waals surface area contributed by atoms with Gasteiger partial charge in [0.2, 0.25) is 5.91 Å². The molecule has 8 nitrogen and oxygen atoms in total. The zero-order valence-electron chi connectivity index (χ0n) is 10.3. The molecule has 0 bridgehead atoms. The van der Waals surface area contributed by atoms with Crippen molar-refractivity contribution in [2.45, 2.75) is 13.0 Å². The fraction of sp³-hybridized carbons (Fsp3) is 0.364. The maximum Gasteiger partial charge on any atom is 0.322 e. The number of carboxylic acid groups (broad SMARTS) is 1. The van der Waals surface area contributed by atoms with Gasteiger partial charge in [0.15, 0.2) is 0 Å². The molecule has 0 saturated heterocycles. The summed E-state index contributed by atoms with van der Waals surface area (Å²) in [6.07, 6.45) is 1.49. The standard InChI is InChI=1S/C11H15N3O5/c1-7(8-3-2-4-19-8)14-11(18)13-5-9(15)12-6-10(16)17/h2-4,7H,5-6H2,1H3,(H,12,15)(H,16,17)(H2,13,14,18). The summed E-state index contributed by atoms with van der Waals surface area (Å²) in [6, 6.07) is 2.53. The largest absolute Gasteiger partial charge is 0.480 e. The van der Waals surface area contributed by atoms with Gasteiger partial charge in [0, 0.05) is 0 Å². The van der Waals surface area contributed by atoms with Crippen LogP contribution in [0.2, 0.25) is 0 Å². The lowest BCUT2D eigenvalue weighted by Gasteiger charge is -2.12. The molecule has 0 aliphatic carbocycles. The van der Waals surface area contributed by atoms with Gasteiger partial charge in [-0.15, -0.1) is 0 Å². The van der Waals surface area contributed by atoms with Crippen molar-refractivity contribution in [3.63, 3.8) is 0 Å². The highest BCUT2D eigenvalue weighted by Gasteiger charge is 2.12. The van der Waals surface area contributed by atoms with Gasteiger partial charge in [-0.3, -0.25) is 9.59 Å². The van der Waals surface area contributed by atoms with E-state index in [-0.39, 0.29) is 12.6 Å². The molecule has 1 rings (SSSR count). The van der Waals surface area contributed by atoms with Crippen LogP contribution in [0.4, 0.5) is 4.79 Å². The van der Waals surface area contributed by atoms with Gasteiger partial charge in [-0.2, -0.15) is 0 Å². The fourth-order valence-electron chi connectivity index (χ4n) is 1.25. The predicted molar refractivity (Wildman–Crippen MR) is 64.3 cm³/mol. The minimum atomic E-state index is -1.15. The van der Waals surface area contributed by atoms with E-state index < -0.39 is 24.5 Å². The Balaban J connectivity index is 2.24. The van der Waals surface area contributed by atoms with Gasteiger partial charge in [0.05, 0.1) is 18.8 Å². The number of furan rings is 1. The highest BCUT2D eigenvalue weighted by molar-refractivity contribution is 5.86. The second-order valence-corrected chi connectivity index (χ2v) is 3.73.